The molecule has 2 aromatic carbocycles. The number of benzene rings is 2. The summed E-state index contributed by atoms with van der Waals surface area (Å²) in [4.78, 5) is 16.3. The van der Waals surface area contributed by atoms with Gasteiger partial charge in [0.2, 0.25) is 5.95 Å². The molecule has 8 nitrogen and oxygen atoms in total. The van der Waals surface area contributed by atoms with Crippen LogP contribution in [0, 0.1) is 22.2 Å². The molecular weight excluding hydrogens is 585 g/mol. The monoisotopic (exact) mass is 603 g/mol. The third-order valence-corrected chi connectivity index (χ3v) is 6.29. The zero-order valence-electron chi connectivity index (χ0n) is 19.7. The molecule has 0 amide bonds. The van der Waals surface area contributed by atoms with Crippen LogP contribution in [-0.4, -0.2) is 43.7 Å². The third kappa shape index (κ3) is 9.37. The van der Waals surface area contributed by atoms with Gasteiger partial charge in [0.25, 0.3) is 0 Å². The number of carboxylic acids is 1. The van der Waals surface area contributed by atoms with Crippen molar-refractivity contribution >= 4 is 27.3 Å². The van der Waals surface area contributed by atoms with Crippen LogP contribution in [0.4, 0.5) is 51.1 Å². The van der Waals surface area contributed by atoms with E-state index in [0.29, 0.717) is 12.3 Å². The molecule has 0 aliphatic carbocycles. The number of rotatable bonds is 7. The molecule has 0 aliphatic rings. The van der Waals surface area contributed by atoms with Crippen LogP contribution in [0.3, 0.4) is 0 Å². The predicted molar refractivity (Wildman–Crippen MR) is 124 cm³/mol. The van der Waals surface area contributed by atoms with E-state index < -0.39 is 62.5 Å². The van der Waals surface area contributed by atoms with Gasteiger partial charge in [0.1, 0.15) is 17.3 Å². The van der Waals surface area contributed by atoms with Crippen molar-refractivity contribution in [2.45, 2.75) is 18.1 Å². The number of halogens is 9. The molecule has 0 saturated heterocycles. The van der Waals surface area contributed by atoms with Gasteiger partial charge in [-0.3, -0.25) is 4.78 Å². The summed E-state index contributed by atoms with van der Waals surface area (Å²) in [6.07, 6.45) is -9.16. The summed E-state index contributed by atoms with van der Waals surface area (Å²) in [5.74, 6) is -6.81. The zero-order chi connectivity index (χ0) is 30.5. The summed E-state index contributed by atoms with van der Waals surface area (Å²) in [6, 6.07) is 5.09. The maximum atomic E-state index is 14.2. The Morgan fingerprint density at radius 3 is 2.17 bits per heavy atom. The van der Waals surface area contributed by atoms with Gasteiger partial charge in [-0.2, -0.15) is 26.3 Å². The van der Waals surface area contributed by atoms with Crippen LogP contribution in [0.1, 0.15) is 11.1 Å². The van der Waals surface area contributed by atoms with Gasteiger partial charge in [0, 0.05) is 39.3 Å². The van der Waals surface area contributed by atoms with Crippen LogP contribution < -0.4 is 11.1 Å². The highest BCUT2D eigenvalue weighted by Gasteiger charge is 2.38. The quantitative estimate of drug-likeness (QED) is 0.263. The highest BCUT2D eigenvalue weighted by Crippen LogP contribution is 2.33. The van der Waals surface area contributed by atoms with Gasteiger partial charge in [-0.25, -0.2) is 32.1 Å². The molecule has 218 valence electrons. The van der Waals surface area contributed by atoms with Crippen molar-refractivity contribution in [2.24, 2.45) is 5.73 Å². The number of carboxylic acid groups (broad SMARTS) is 1. The Hall–Kier alpha value is -3.93. The summed E-state index contributed by atoms with van der Waals surface area (Å²) in [5.41, 5.74) is 3.08. The summed E-state index contributed by atoms with van der Waals surface area (Å²) in [7, 11) is -3.27. The molecule has 1 atom stereocenters. The fourth-order valence-corrected chi connectivity index (χ4v) is 4.20. The van der Waals surface area contributed by atoms with Crippen LogP contribution in [0.5, 0.6) is 0 Å². The predicted octanol–water partition coefficient (Wildman–Crippen LogP) is 5.46. The second kappa shape index (κ2) is 12.5. The van der Waals surface area contributed by atoms with Crippen molar-refractivity contribution in [1.82, 2.24) is 9.97 Å². The third-order valence-electron chi connectivity index (χ3n) is 4.60. The highest BCUT2D eigenvalue weighted by atomic mass is 32.2. The van der Waals surface area contributed by atoms with Gasteiger partial charge in [-0.05, 0) is 35.9 Å². The Morgan fingerprint density at radius 1 is 1.02 bits per heavy atom. The SMILES string of the molecule is N=S(=O)(CCN)Cc1cc(Nc2ncc(F)c(-c3ccc(F)cc3F)n2)cc(C(F)(F)F)c1.O=C(O)C(F)(F)F. The lowest BCUT2D eigenvalue weighted by molar-refractivity contribution is -0.192. The first-order chi connectivity index (χ1) is 18.3. The number of hydrogen-bond donors (Lipinski definition) is 4. The molecule has 0 spiro atoms. The lowest BCUT2D eigenvalue weighted by Crippen LogP contribution is -2.21. The molecule has 1 unspecified atom stereocenters. The number of nitrogens with two attached hydrogens (primary N) is 1. The van der Waals surface area contributed by atoms with Crippen molar-refractivity contribution in [3.05, 3.63) is 71.2 Å². The molecule has 40 heavy (non-hydrogen) atoms. The van der Waals surface area contributed by atoms with Crippen LogP contribution in [0.2, 0.25) is 0 Å². The summed E-state index contributed by atoms with van der Waals surface area (Å²) in [5, 5.41) is 9.60. The van der Waals surface area contributed by atoms with Gasteiger partial charge < -0.3 is 16.2 Å². The molecule has 18 heteroatoms. The fraction of sp³-hybridized carbons (Fsp3) is 0.227. The van der Waals surface area contributed by atoms with Crippen molar-refractivity contribution in [1.29, 1.82) is 4.78 Å². The number of hydrogen-bond acceptors (Lipinski definition) is 7. The van der Waals surface area contributed by atoms with Crippen molar-refractivity contribution in [3.63, 3.8) is 0 Å². The van der Waals surface area contributed by atoms with E-state index in [2.05, 4.69) is 15.3 Å². The van der Waals surface area contributed by atoms with Crippen LogP contribution >= 0.6 is 0 Å². The van der Waals surface area contributed by atoms with Gasteiger partial charge in [0.15, 0.2) is 5.82 Å². The smallest absolute Gasteiger partial charge is 0.475 e. The Kier molecular flexibility index (Phi) is 10.1. The summed E-state index contributed by atoms with van der Waals surface area (Å²) in [6.45, 7) is -0.0709. The van der Waals surface area contributed by atoms with Crippen LogP contribution in [0.15, 0.2) is 42.6 Å². The molecule has 5 N–H and O–H groups in total. The van der Waals surface area contributed by atoms with E-state index in [1.807, 2.05) is 0 Å². The number of nitrogens with one attached hydrogen (secondary N) is 2. The van der Waals surface area contributed by atoms with Gasteiger partial charge in [-0.15, -0.1) is 0 Å². The van der Waals surface area contributed by atoms with E-state index in [1.54, 1.807) is 0 Å². The number of carbonyl (C=O) groups is 1. The van der Waals surface area contributed by atoms with Gasteiger partial charge in [-0.1, -0.05) is 0 Å². The molecule has 0 radical (unpaired) electrons. The maximum absolute atomic E-state index is 14.2. The number of nitrogens with zero attached hydrogens (tertiary/aromatic N) is 2. The minimum absolute atomic E-state index is 0.0484. The van der Waals surface area contributed by atoms with E-state index in [1.165, 1.54) is 6.07 Å². The number of aromatic nitrogens is 2. The molecule has 0 saturated carbocycles. The Labute approximate surface area is 220 Å². The average Bonchev–Trinajstić information content (AvgIpc) is 2.79. The standard InChI is InChI=1S/C20H17F6N5OS.C2HF3O2/c21-13-1-2-15(16(22)8-13)18-17(23)9-29-19(31-18)30-14-6-11(10-33(28,32)4-3-27)5-12(7-14)20(24,25)26;3-2(4,5)1(6)7/h1-2,5-9,28H,3-4,10,27H2,(H,29,30,31);(H,6,7). The minimum atomic E-state index is -5.08. The summed E-state index contributed by atoms with van der Waals surface area (Å²) < 4.78 is 133. The molecule has 1 heterocycles. The van der Waals surface area contributed by atoms with E-state index in [-0.39, 0.29) is 35.1 Å². The first-order valence-corrected chi connectivity index (χ1v) is 12.4. The number of alkyl halides is 6. The van der Waals surface area contributed by atoms with E-state index in [9.17, 15) is 43.7 Å². The van der Waals surface area contributed by atoms with Crippen LogP contribution in [0.25, 0.3) is 11.3 Å². The normalized spacial score (nSPS) is 13.2. The van der Waals surface area contributed by atoms with Gasteiger partial charge >= 0.3 is 18.3 Å². The zero-order valence-corrected chi connectivity index (χ0v) is 20.5. The number of aliphatic carboxylic acids is 1. The second-order valence-corrected chi connectivity index (χ2v) is 10.1. The molecule has 0 fully saturated rings. The lowest BCUT2D eigenvalue weighted by Gasteiger charge is -2.14. The fourth-order valence-electron chi connectivity index (χ4n) is 2.97. The molecule has 3 aromatic rings. The largest absolute Gasteiger partial charge is 0.490 e. The van der Waals surface area contributed by atoms with E-state index in [4.69, 9.17) is 20.4 Å². The van der Waals surface area contributed by atoms with Gasteiger partial charge in [0.05, 0.1) is 17.5 Å². The Bertz CT molecular complexity index is 1480. The van der Waals surface area contributed by atoms with E-state index in [0.717, 1.165) is 24.3 Å². The Morgan fingerprint density at radius 2 is 1.65 bits per heavy atom. The molecule has 1 aromatic heterocycles. The first-order valence-electron chi connectivity index (χ1n) is 10.5. The average molecular weight is 603 g/mol. The van der Waals surface area contributed by atoms with Crippen molar-refractivity contribution in [2.75, 3.05) is 17.6 Å². The number of anilines is 2. The first kappa shape index (κ1) is 32.3. The molecule has 0 bridgehead atoms. The molecule has 3 rings (SSSR count). The minimum Gasteiger partial charge on any atom is -0.475 e. The maximum Gasteiger partial charge on any atom is 0.490 e. The second-order valence-electron chi connectivity index (χ2n) is 7.81. The Balaban J connectivity index is 0.000000708. The van der Waals surface area contributed by atoms with E-state index >= 15 is 0 Å². The van der Waals surface area contributed by atoms with Crippen molar-refractivity contribution in [3.8, 4) is 11.3 Å². The lowest BCUT2D eigenvalue weighted by atomic mass is 10.1. The molecule has 0 aliphatic heterocycles. The molecular formula is C22H18F9N5O3S. The topological polar surface area (TPSA) is 142 Å². The summed E-state index contributed by atoms with van der Waals surface area (Å²) >= 11 is 0. The highest BCUT2D eigenvalue weighted by molar-refractivity contribution is 7.91. The van der Waals surface area contributed by atoms with Crippen molar-refractivity contribution < 1.29 is 53.6 Å². The van der Waals surface area contributed by atoms with Crippen LogP contribution in [-0.2, 0) is 26.5 Å².